The van der Waals surface area contributed by atoms with Crippen molar-refractivity contribution < 1.29 is 14.6 Å². The third-order valence-corrected chi connectivity index (χ3v) is 3.27. The number of likely N-dealkylation sites (tertiary alicyclic amines) is 1. The Kier molecular flexibility index (Phi) is 4.02. The summed E-state index contributed by atoms with van der Waals surface area (Å²) in [4.78, 5) is 12.7. The predicted octanol–water partition coefficient (Wildman–Crippen LogP) is 1.84. The van der Waals surface area contributed by atoms with Gasteiger partial charge in [-0.05, 0) is 18.2 Å². The summed E-state index contributed by atoms with van der Waals surface area (Å²) in [6.07, 6.45) is 0. The van der Waals surface area contributed by atoms with Gasteiger partial charge in [0.2, 0.25) is 0 Å². The monoisotopic (exact) mass is 299 g/mol. The van der Waals surface area contributed by atoms with Crippen molar-refractivity contribution >= 4 is 21.9 Å². The molecule has 4 nitrogen and oxygen atoms in total. The molecule has 2 rings (SSSR count). The molecule has 1 aromatic carbocycles. The average Bonchev–Trinajstić information content (AvgIpc) is 2.20. The first-order chi connectivity index (χ1) is 8.15. The van der Waals surface area contributed by atoms with E-state index in [0.29, 0.717) is 19.7 Å². The Labute approximate surface area is 108 Å². The minimum absolute atomic E-state index is 0.194. The van der Waals surface area contributed by atoms with Crippen molar-refractivity contribution in [2.24, 2.45) is 5.92 Å². The second-order valence-electron chi connectivity index (χ2n) is 4.10. The van der Waals surface area contributed by atoms with Gasteiger partial charge in [0.15, 0.2) is 0 Å². The predicted molar refractivity (Wildman–Crippen MR) is 67.2 cm³/mol. The molecular formula is C12H14BrNO3. The Bertz CT molecular complexity index is 404. The van der Waals surface area contributed by atoms with Gasteiger partial charge in [-0.2, -0.15) is 0 Å². The lowest BCUT2D eigenvalue weighted by atomic mass is 10.0. The van der Waals surface area contributed by atoms with E-state index in [2.05, 4.69) is 20.8 Å². The molecule has 0 amide bonds. The van der Waals surface area contributed by atoms with E-state index in [0.717, 1.165) is 16.8 Å². The fourth-order valence-corrected chi connectivity index (χ4v) is 2.14. The van der Waals surface area contributed by atoms with Crippen LogP contribution in [-0.4, -0.2) is 42.2 Å². The van der Waals surface area contributed by atoms with Crippen LogP contribution >= 0.6 is 15.9 Å². The van der Waals surface area contributed by atoms with Gasteiger partial charge in [-0.1, -0.05) is 22.0 Å². The van der Waals surface area contributed by atoms with Crippen molar-refractivity contribution in [3.63, 3.8) is 0 Å². The number of ether oxygens (including phenoxy) is 1. The highest BCUT2D eigenvalue weighted by atomic mass is 79.9. The summed E-state index contributed by atoms with van der Waals surface area (Å²) in [7, 11) is 0. The van der Waals surface area contributed by atoms with Crippen molar-refractivity contribution in [2.45, 2.75) is 0 Å². The fraction of sp³-hybridized carbons (Fsp3) is 0.417. The molecule has 0 saturated carbocycles. The van der Waals surface area contributed by atoms with E-state index in [1.165, 1.54) is 0 Å². The third kappa shape index (κ3) is 3.44. The topological polar surface area (TPSA) is 49.8 Å². The molecule has 1 saturated heterocycles. The van der Waals surface area contributed by atoms with Gasteiger partial charge in [0.25, 0.3) is 0 Å². The molecule has 17 heavy (non-hydrogen) atoms. The molecule has 1 aliphatic heterocycles. The highest BCUT2D eigenvalue weighted by Crippen LogP contribution is 2.18. The zero-order chi connectivity index (χ0) is 12.3. The van der Waals surface area contributed by atoms with Gasteiger partial charge < -0.3 is 9.84 Å². The van der Waals surface area contributed by atoms with Crippen LogP contribution in [0.5, 0.6) is 5.75 Å². The molecule has 1 heterocycles. The number of hydrogen-bond donors (Lipinski definition) is 1. The second-order valence-corrected chi connectivity index (χ2v) is 5.02. The maximum atomic E-state index is 10.6. The highest BCUT2D eigenvalue weighted by Gasteiger charge is 2.31. The van der Waals surface area contributed by atoms with Crippen LogP contribution in [0.4, 0.5) is 0 Å². The maximum absolute atomic E-state index is 10.6. The summed E-state index contributed by atoms with van der Waals surface area (Å²) < 4.78 is 6.56. The number of carboxylic acids is 1. The summed E-state index contributed by atoms with van der Waals surface area (Å²) in [6, 6.07) is 7.68. The molecule has 92 valence electrons. The van der Waals surface area contributed by atoms with Crippen molar-refractivity contribution in [3.8, 4) is 5.75 Å². The van der Waals surface area contributed by atoms with Gasteiger partial charge >= 0.3 is 5.97 Å². The van der Waals surface area contributed by atoms with Crippen LogP contribution in [0.1, 0.15) is 0 Å². The number of nitrogens with zero attached hydrogens (tertiary/aromatic N) is 1. The molecule has 0 spiro atoms. The van der Waals surface area contributed by atoms with Crippen molar-refractivity contribution in [1.82, 2.24) is 4.90 Å². The van der Waals surface area contributed by atoms with Crippen LogP contribution in [-0.2, 0) is 4.79 Å². The van der Waals surface area contributed by atoms with Gasteiger partial charge in [-0.3, -0.25) is 9.69 Å². The third-order valence-electron chi connectivity index (χ3n) is 2.78. The Morgan fingerprint density at radius 1 is 1.53 bits per heavy atom. The number of hydrogen-bond acceptors (Lipinski definition) is 3. The summed E-state index contributed by atoms with van der Waals surface area (Å²) in [5, 5.41) is 8.72. The molecule has 0 aliphatic carbocycles. The SMILES string of the molecule is O=C(O)C1CN(CCOc2cccc(Br)c2)C1. The average molecular weight is 300 g/mol. The van der Waals surface area contributed by atoms with E-state index in [4.69, 9.17) is 9.84 Å². The van der Waals surface area contributed by atoms with E-state index in [1.807, 2.05) is 24.3 Å². The largest absolute Gasteiger partial charge is 0.492 e. The van der Waals surface area contributed by atoms with E-state index in [1.54, 1.807) is 0 Å². The van der Waals surface area contributed by atoms with Gasteiger partial charge in [0.05, 0.1) is 5.92 Å². The van der Waals surface area contributed by atoms with Crippen LogP contribution < -0.4 is 4.74 Å². The van der Waals surface area contributed by atoms with Crippen LogP contribution in [0.15, 0.2) is 28.7 Å². The van der Waals surface area contributed by atoms with E-state index in [9.17, 15) is 4.79 Å². The molecule has 0 unspecified atom stereocenters. The summed E-state index contributed by atoms with van der Waals surface area (Å²) in [6.45, 7) is 2.63. The molecule has 1 fully saturated rings. The molecule has 0 bridgehead atoms. The molecule has 1 aliphatic rings. The zero-order valence-electron chi connectivity index (χ0n) is 9.30. The molecule has 0 radical (unpaired) electrons. The smallest absolute Gasteiger partial charge is 0.309 e. The zero-order valence-corrected chi connectivity index (χ0v) is 10.9. The van der Waals surface area contributed by atoms with Crippen molar-refractivity contribution in [2.75, 3.05) is 26.2 Å². The number of aliphatic carboxylic acids is 1. The quantitative estimate of drug-likeness (QED) is 0.901. The van der Waals surface area contributed by atoms with Crippen LogP contribution in [0.3, 0.4) is 0 Å². The van der Waals surface area contributed by atoms with Crippen molar-refractivity contribution in [3.05, 3.63) is 28.7 Å². The maximum Gasteiger partial charge on any atom is 0.309 e. The second kappa shape index (κ2) is 5.51. The van der Waals surface area contributed by atoms with Crippen LogP contribution in [0.25, 0.3) is 0 Å². The molecule has 0 atom stereocenters. The van der Waals surface area contributed by atoms with Crippen LogP contribution in [0.2, 0.25) is 0 Å². The van der Waals surface area contributed by atoms with Gasteiger partial charge in [0, 0.05) is 24.1 Å². The van der Waals surface area contributed by atoms with Gasteiger partial charge in [-0.25, -0.2) is 0 Å². The minimum Gasteiger partial charge on any atom is -0.492 e. The first-order valence-corrected chi connectivity index (χ1v) is 6.28. The first kappa shape index (κ1) is 12.4. The molecule has 1 N–H and O–H groups in total. The van der Waals surface area contributed by atoms with E-state index >= 15 is 0 Å². The normalized spacial score (nSPS) is 16.5. The lowest BCUT2D eigenvalue weighted by Crippen LogP contribution is -2.51. The van der Waals surface area contributed by atoms with Crippen molar-refractivity contribution in [1.29, 1.82) is 0 Å². The molecule has 0 aromatic heterocycles. The standard InChI is InChI=1S/C12H14BrNO3/c13-10-2-1-3-11(6-10)17-5-4-14-7-9(8-14)12(15)16/h1-3,6,9H,4-5,7-8H2,(H,15,16). The summed E-state index contributed by atoms with van der Waals surface area (Å²) in [5.74, 6) is -0.0651. The lowest BCUT2D eigenvalue weighted by molar-refractivity contribution is -0.147. The number of carboxylic acid groups (broad SMARTS) is 1. The molecular weight excluding hydrogens is 286 g/mol. The Morgan fingerprint density at radius 3 is 2.94 bits per heavy atom. The first-order valence-electron chi connectivity index (χ1n) is 5.48. The number of carbonyl (C=O) groups is 1. The Balaban J connectivity index is 1.66. The van der Waals surface area contributed by atoms with Crippen LogP contribution in [0, 0.1) is 5.92 Å². The lowest BCUT2D eigenvalue weighted by Gasteiger charge is -2.36. The minimum atomic E-state index is -0.700. The van der Waals surface area contributed by atoms with E-state index in [-0.39, 0.29) is 5.92 Å². The van der Waals surface area contributed by atoms with Gasteiger partial charge in [0.1, 0.15) is 12.4 Å². The van der Waals surface area contributed by atoms with E-state index < -0.39 is 5.97 Å². The Hall–Kier alpha value is -1.07. The fourth-order valence-electron chi connectivity index (χ4n) is 1.76. The summed E-state index contributed by atoms with van der Waals surface area (Å²) in [5.41, 5.74) is 0. The van der Waals surface area contributed by atoms with Gasteiger partial charge in [-0.15, -0.1) is 0 Å². The Morgan fingerprint density at radius 2 is 2.29 bits per heavy atom. The molecule has 5 heteroatoms. The molecule has 1 aromatic rings. The number of rotatable bonds is 5. The number of halogens is 1. The number of benzene rings is 1. The highest BCUT2D eigenvalue weighted by molar-refractivity contribution is 9.10. The summed E-state index contributed by atoms with van der Waals surface area (Å²) >= 11 is 3.38.